The molecule has 0 fully saturated rings. The standard InChI is InChI=1S/C15H21NO3/c1-10(2)16-14(18)5-6-19-15-11(3)7-13(9-17)8-12(15)4/h7-10H,5-6H2,1-4H3,(H,16,18). The van der Waals surface area contributed by atoms with Gasteiger partial charge in [-0.2, -0.15) is 0 Å². The maximum Gasteiger partial charge on any atom is 0.223 e. The summed E-state index contributed by atoms with van der Waals surface area (Å²) in [6.07, 6.45) is 1.15. The van der Waals surface area contributed by atoms with Crippen LogP contribution in [0.25, 0.3) is 0 Å². The summed E-state index contributed by atoms with van der Waals surface area (Å²) < 4.78 is 5.64. The fourth-order valence-corrected chi connectivity index (χ4v) is 1.92. The Hall–Kier alpha value is -1.84. The molecular formula is C15H21NO3. The number of aldehydes is 1. The Labute approximate surface area is 114 Å². The van der Waals surface area contributed by atoms with Crippen molar-refractivity contribution in [1.29, 1.82) is 0 Å². The average Bonchev–Trinajstić information content (AvgIpc) is 2.31. The molecule has 4 nitrogen and oxygen atoms in total. The summed E-state index contributed by atoms with van der Waals surface area (Å²) in [5.74, 6) is 0.734. The minimum absolute atomic E-state index is 0.0187. The molecule has 0 unspecified atom stereocenters. The summed E-state index contributed by atoms with van der Waals surface area (Å²) >= 11 is 0. The molecule has 0 aliphatic rings. The summed E-state index contributed by atoms with van der Waals surface area (Å²) in [6, 6.07) is 3.70. The van der Waals surface area contributed by atoms with Crippen molar-refractivity contribution in [2.45, 2.75) is 40.2 Å². The van der Waals surface area contributed by atoms with Crippen molar-refractivity contribution in [3.05, 3.63) is 28.8 Å². The van der Waals surface area contributed by atoms with E-state index in [0.29, 0.717) is 18.6 Å². The maximum atomic E-state index is 11.5. The largest absolute Gasteiger partial charge is 0.493 e. The van der Waals surface area contributed by atoms with E-state index in [1.165, 1.54) is 0 Å². The molecule has 0 aliphatic carbocycles. The first kappa shape index (κ1) is 15.2. The number of carbonyl (C=O) groups is 2. The van der Waals surface area contributed by atoms with Crippen LogP contribution in [0.2, 0.25) is 0 Å². The van der Waals surface area contributed by atoms with E-state index in [-0.39, 0.29) is 11.9 Å². The predicted molar refractivity (Wildman–Crippen MR) is 74.7 cm³/mol. The van der Waals surface area contributed by atoms with E-state index < -0.39 is 0 Å². The Kier molecular flexibility index (Phi) is 5.55. The number of rotatable bonds is 6. The fourth-order valence-electron chi connectivity index (χ4n) is 1.92. The van der Waals surface area contributed by atoms with Crippen LogP contribution in [0.5, 0.6) is 5.75 Å². The molecule has 1 rings (SSSR count). The molecule has 0 aliphatic heterocycles. The number of ether oxygens (including phenoxy) is 1. The molecular weight excluding hydrogens is 242 g/mol. The molecule has 1 N–H and O–H groups in total. The first-order chi connectivity index (χ1) is 8.93. The second-order valence-electron chi connectivity index (χ2n) is 4.92. The van der Waals surface area contributed by atoms with E-state index in [2.05, 4.69) is 5.32 Å². The number of carbonyl (C=O) groups excluding carboxylic acids is 2. The highest BCUT2D eigenvalue weighted by Gasteiger charge is 2.08. The Morgan fingerprint density at radius 3 is 2.37 bits per heavy atom. The van der Waals surface area contributed by atoms with Gasteiger partial charge in [0.25, 0.3) is 0 Å². The highest BCUT2D eigenvalue weighted by molar-refractivity contribution is 5.77. The minimum Gasteiger partial charge on any atom is -0.493 e. The molecule has 1 aromatic carbocycles. The quantitative estimate of drug-likeness (QED) is 0.802. The van der Waals surface area contributed by atoms with Gasteiger partial charge in [-0.15, -0.1) is 0 Å². The van der Waals surface area contributed by atoms with Crippen molar-refractivity contribution in [3.63, 3.8) is 0 Å². The molecule has 0 atom stereocenters. The van der Waals surface area contributed by atoms with Gasteiger partial charge in [-0.05, 0) is 51.0 Å². The van der Waals surface area contributed by atoms with Crippen LogP contribution < -0.4 is 10.1 Å². The van der Waals surface area contributed by atoms with Crippen molar-refractivity contribution in [2.24, 2.45) is 0 Å². The summed E-state index contributed by atoms with van der Waals surface area (Å²) in [6.45, 7) is 7.96. The van der Waals surface area contributed by atoms with Crippen molar-refractivity contribution in [1.82, 2.24) is 5.32 Å². The van der Waals surface area contributed by atoms with Crippen molar-refractivity contribution in [3.8, 4) is 5.75 Å². The minimum atomic E-state index is -0.0187. The van der Waals surface area contributed by atoms with Crippen molar-refractivity contribution < 1.29 is 14.3 Å². The third-order valence-electron chi connectivity index (χ3n) is 2.64. The Morgan fingerprint density at radius 1 is 1.32 bits per heavy atom. The van der Waals surface area contributed by atoms with Crippen molar-refractivity contribution >= 4 is 12.2 Å². The van der Waals surface area contributed by atoms with Gasteiger partial charge in [0.15, 0.2) is 0 Å². The average molecular weight is 263 g/mol. The third kappa shape index (κ3) is 4.73. The number of amides is 1. The molecule has 0 bridgehead atoms. The Morgan fingerprint density at radius 2 is 1.89 bits per heavy atom. The van der Waals surface area contributed by atoms with Gasteiger partial charge in [-0.1, -0.05) is 0 Å². The molecule has 0 saturated heterocycles. The topological polar surface area (TPSA) is 55.4 Å². The van der Waals surface area contributed by atoms with Crippen LogP contribution in [0.4, 0.5) is 0 Å². The maximum absolute atomic E-state index is 11.5. The van der Waals surface area contributed by atoms with Crippen LogP contribution in [-0.2, 0) is 4.79 Å². The molecule has 104 valence electrons. The Bertz CT molecular complexity index is 443. The number of benzene rings is 1. The molecule has 0 aromatic heterocycles. The molecule has 4 heteroatoms. The fraction of sp³-hybridized carbons (Fsp3) is 0.467. The molecule has 19 heavy (non-hydrogen) atoms. The van der Waals surface area contributed by atoms with E-state index in [9.17, 15) is 9.59 Å². The lowest BCUT2D eigenvalue weighted by molar-refractivity contribution is -0.122. The number of hydrogen-bond donors (Lipinski definition) is 1. The monoisotopic (exact) mass is 263 g/mol. The second-order valence-corrected chi connectivity index (χ2v) is 4.92. The lowest BCUT2D eigenvalue weighted by Gasteiger charge is -2.13. The summed E-state index contributed by atoms with van der Waals surface area (Å²) in [7, 11) is 0. The van der Waals surface area contributed by atoms with E-state index in [1.54, 1.807) is 12.1 Å². The summed E-state index contributed by atoms with van der Waals surface area (Å²) in [5, 5.41) is 2.81. The summed E-state index contributed by atoms with van der Waals surface area (Å²) in [4.78, 5) is 22.2. The normalized spacial score (nSPS) is 10.4. The van der Waals surface area contributed by atoms with Gasteiger partial charge in [0.2, 0.25) is 5.91 Å². The predicted octanol–water partition coefficient (Wildman–Crippen LogP) is 2.41. The highest BCUT2D eigenvalue weighted by atomic mass is 16.5. The zero-order valence-corrected chi connectivity index (χ0v) is 11.9. The van der Waals surface area contributed by atoms with Crippen LogP contribution in [0, 0.1) is 13.8 Å². The first-order valence-electron chi connectivity index (χ1n) is 6.42. The van der Waals surface area contributed by atoms with Gasteiger partial charge in [0.05, 0.1) is 13.0 Å². The summed E-state index contributed by atoms with van der Waals surface area (Å²) in [5.41, 5.74) is 2.46. The molecule has 0 heterocycles. The van der Waals surface area contributed by atoms with Crippen LogP contribution in [0.1, 0.15) is 41.8 Å². The Balaban J connectivity index is 2.59. The lowest BCUT2D eigenvalue weighted by Crippen LogP contribution is -2.31. The molecule has 0 spiro atoms. The van der Waals surface area contributed by atoms with E-state index in [4.69, 9.17) is 4.74 Å². The lowest BCUT2D eigenvalue weighted by atomic mass is 10.1. The van der Waals surface area contributed by atoms with Crippen LogP contribution in [0.3, 0.4) is 0 Å². The first-order valence-corrected chi connectivity index (χ1v) is 6.42. The zero-order chi connectivity index (χ0) is 14.4. The SMILES string of the molecule is Cc1cc(C=O)cc(C)c1OCCC(=O)NC(C)C. The van der Waals surface area contributed by atoms with Gasteiger partial charge >= 0.3 is 0 Å². The molecule has 0 saturated carbocycles. The van der Waals surface area contributed by atoms with Gasteiger partial charge < -0.3 is 10.1 Å². The smallest absolute Gasteiger partial charge is 0.223 e. The van der Waals surface area contributed by atoms with Crippen molar-refractivity contribution in [2.75, 3.05) is 6.61 Å². The molecule has 0 radical (unpaired) electrons. The van der Waals surface area contributed by atoms with Crippen LogP contribution in [0.15, 0.2) is 12.1 Å². The number of nitrogens with one attached hydrogen (secondary N) is 1. The third-order valence-corrected chi connectivity index (χ3v) is 2.64. The van der Waals surface area contributed by atoms with E-state index in [0.717, 1.165) is 23.2 Å². The molecule has 1 amide bonds. The second kappa shape index (κ2) is 6.92. The van der Waals surface area contributed by atoms with Crippen LogP contribution in [-0.4, -0.2) is 24.8 Å². The van der Waals surface area contributed by atoms with Crippen LogP contribution >= 0.6 is 0 Å². The van der Waals surface area contributed by atoms with Gasteiger partial charge in [0.1, 0.15) is 12.0 Å². The van der Waals surface area contributed by atoms with E-state index in [1.807, 2.05) is 27.7 Å². The number of hydrogen-bond acceptors (Lipinski definition) is 3. The van der Waals surface area contributed by atoms with Gasteiger partial charge in [0, 0.05) is 11.6 Å². The van der Waals surface area contributed by atoms with Gasteiger partial charge in [-0.3, -0.25) is 9.59 Å². The zero-order valence-electron chi connectivity index (χ0n) is 11.9. The van der Waals surface area contributed by atoms with Gasteiger partial charge in [-0.25, -0.2) is 0 Å². The number of aryl methyl sites for hydroxylation is 2. The highest BCUT2D eigenvalue weighted by Crippen LogP contribution is 2.24. The molecule has 1 aromatic rings. The van der Waals surface area contributed by atoms with E-state index >= 15 is 0 Å².